The van der Waals surface area contributed by atoms with Gasteiger partial charge >= 0.3 is 0 Å². The van der Waals surface area contributed by atoms with Gasteiger partial charge in [-0.3, -0.25) is 0 Å². The summed E-state index contributed by atoms with van der Waals surface area (Å²) in [5.74, 6) is 4.44. The molecule has 0 saturated heterocycles. The third-order valence-electron chi connectivity index (χ3n) is 4.09. The topological polar surface area (TPSA) is 0 Å². The van der Waals surface area contributed by atoms with Crippen molar-refractivity contribution in [3.8, 4) is 0 Å². The maximum absolute atomic E-state index is 2.44. The van der Waals surface area contributed by atoms with Gasteiger partial charge in [-0.05, 0) is 48.9 Å². The standard InChI is InChI=1S/C16H34/c1-8-13(4)10-14(5)11-16(7)15(6)9-12(2)3/h12-16H,8-11H2,1-7H3. The van der Waals surface area contributed by atoms with Crippen LogP contribution in [-0.2, 0) is 0 Å². The van der Waals surface area contributed by atoms with Crippen molar-refractivity contribution >= 4 is 0 Å². The minimum atomic E-state index is 0.849. The fraction of sp³-hybridized carbons (Fsp3) is 1.00. The van der Waals surface area contributed by atoms with Crippen LogP contribution in [0, 0.1) is 29.6 Å². The van der Waals surface area contributed by atoms with E-state index in [1.807, 2.05) is 0 Å². The minimum absolute atomic E-state index is 0.849. The lowest BCUT2D eigenvalue weighted by atomic mass is 9.80. The predicted octanol–water partition coefficient (Wildman–Crippen LogP) is 5.77. The highest BCUT2D eigenvalue weighted by Gasteiger charge is 2.17. The highest BCUT2D eigenvalue weighted by Crippen LogP contribution is 2.28. The summed E-state index contributed by atoms with van der Waals surface area (Å²) in [5.41, 5.74) is 0. The zero-order valence-corrected chi connectivity index (χ0v) is 12.7. The molecule has 0 spiro atoms. The molecule has 0 N–H and O–H groups in total. The predicted molar refractivity (Wildman–Crippen MR) is 75.6 cm³/mol. The SMILES string of the molecule is CCC(C)CC(C)CC(C)C(C)CC(C)C. The molecule has 0 aromatic rings. The molecule has 0 nitrogen and oxygen atoms in total. The van der Waals surface area contributed by atoms with Crippen molar-refractivity contribution in [2.45, 2.75) is 74.1 Å². The zero-order chi connectivity index (χ0) is 12.7. The van der Waals surface area contributed by atoms with Crippen LogP contribution in [0.15, 0.2) is 0 Å². The molecule has 0 fully saturated rings. The zero-order valence-electron chi connectivity index (χ0n) is 12.7. The normalized spacial score (nSPS) is 19.5. The average molecular weight is 226 g/mol. The van der Waals surface area contributed by atoms with Gasteiger partial charge in [0, 0.05) is 0 Å². The van der Waals surface area contributed by atoms with Crippen molar-refractivity contribution in [3.63, 3.8) is 0 Å². The van der Waals surface area contributed by atoms with Gasteiger partial charge in [0.25, 0.3) is 0 Å². The van der Waals surface area contributed by atoms with E-state index >= 15 is 0 Å². The monoisotopic (exact) mass is 226 g/mol. The summed E-state index contributed by atoms with van der Waals surface area (Å²) in [5, 5.41) is 0. The molecule has 0 aliphatic heterocycles. The van der Waals surface area contributed by atoms with Crippen LogP contribution >= 0.6 is 0 Å². The fourth-order valence-electron chi connectivity index (χ4n) is 2.79. The lowest BCUT2D eigenvalue weighted by molar-refractivity contribution is 0.255. The summed E-state index contributed by atoms with van der Waals surface area (Å²) in [6.45, 7) is 16.7. The van der Waals surface area contributed by atoms with E-state index in [4.69, 9.17) is 0 Å². The van der Waals surface area contributed by atoms with E-state index in [1.165, 1.54) is 25.7 Å². The van der Waals surface area contributed by atoms with Crippen molar-refractivity contribution in [1.82, 2.24) is 0 Å². The van der Waals surface area contributed by atoms with Gasteiger partial charge in [0.15, 0.2) is 0 Å². The van der Waals surface area contributed by atoms with Gasteiger partial charge in [-0.15, -0.1) is 0 Å². The van der Waals surface area contributed by atoms with Crippen LogP contribution in [0.4, 0.5) is 0 Å². The largest absolute Gasteiger partial charge is 0.0651 e. The first kappa shape index (κ1) is 16.0. The molecule has 16 heavy (non-hydrogen) atoms. The molecule has 0 aromatic heterocycles. The van der Waals surface area contributed by atoms with Crippen LogP contribution in [0.5, 0.6) is 0 Å². The smallest absolute Gasteiger partial charge is 0.0414 e. The lowest BCUT2D eigenvalue weighted by Gasteiger charge is -2.25. The third-order valence-corrected chi connectivity index (χ3v) is 4.09. The van der Waals surface area contributed by atoms with Crippen molar-refractivity contribution in [2.24, 2.45) is 29.6 Å². The molecular weight excluding hydrogens is 192 g/mol. The molecule has 0 bridgehead atoms. The van der Waals surface area contributed by atoms with Gasteiger partial charge < -0.3 is 0 Å². The van der Waals surface area contributed by atoms with Gasteiger partial charge in [0.2, 0.25) is 0 Å². The van der Waals surface area contributed by atoms with E-state index in [1.54, 1.807) is 0 Å². The second-order valence-electron chi connectivity index (χ2n) is 6.67. The van der Waals surface area contributed by atoms with Gasteiger partial charge in [-0.25, -0.2) is 0 Å². The van der Waals surface area contributed by atoms with Gasteiger partial charge in [0.05, 0.1) is 0 Å². The summed E-state index contributed by atoms with van der Waals surface area (Å²) >= 11 is 0. The van der Waals surface area contributed by atoms with Crippen LogP contribution in [0.1, 0.15) is 74.1 Å². The number of hydrogen-bond acceptors (Lipinski definition) is 0. The molecule has 0 heteroatoms. The Balaban J connectivity index is 3.88. The number of rotatable bonds is 8. The van der Waals surface area contributed by atoms with Gasteiger partial charge in [-0.2, -0.15) is 0 Å². The first-order chi connectivity index (χ1) is 7.36. The Morgan fingerprint density at radius 2 is 1.12 bits per heavy atom. The first-order valence-electron chi connectivity index (χ1n) is 7.36. The van der Waals surface area contributed by atoms with E-state index in [0.29, 0.717) is 0 Å². The average Bonchev–Trinajstić information content (AvgIpc) is 2.16. The summed E-state index contributed by atoms with van der Waals surface area (Å²) in [4.78, 5) is 0. The Bertz CT molecular complexity index is 159. The van der Waals surface area contributed by atoms with Crippen LogP contribution < -0.4 is 0 Å². The van der Waals surface area contributed by atoms with E-state index in [2.05, 4.69) is 48.5 Å². The van der Waals surface area contributed by atoms with Gasteiger partial charge in [-0.1, -0.05) is 54.9 Å². The molecule has 4 unspecified atom stereocenters. The fourth-order valence-corrected chi connectivity index (χ4v) is 2.79. The van der Waals surface area contributed by atoms with Crippen LogP contribution in [0.3, 0.4) is 0 Å². The minimum Gasteiger partial charge on any atom is -0.0651 e. The molecule has 4 atom stereocenters. The quantitative estimate of drug-likeness (QED) is 0.493. The third kappa shape index (κ3) is 7.30. The second kappa shape index (κ2) is 8.14. The second-order valence-corrected chi connectivity index (χ2v) is 6.67. The van der Waals surface area contributed by atoms with E-state index in [9.17, 15) is 0 Å². The highest BCUT2D eigenvalue weighted by atomic mass is 14.2. The summed E-state index contributed by atoms with van der Waals surface area (Å²) < 4.78 is 0. The Labute approximate surface area is 104 Å². The Kier molecular flexibility index (Phi) is 8.14. The molecule has 0 saturated carbocycles. The van der Waals surface area contributed by atoms with Crippen molar-refractivity contribution in [2.75, 3.05) is 0 Å². The molecule has 0 amide bonds. The lowest BCUT2D eigenvalue weighted by Crippen LogP contribution is -2.15. The van der Waals surface area contributed by atoms with Gasteiger partial charge in [0.1, 0.15) is 0 Å². The maximum atomic E-state index is 2.44. The molecular formula is C16H34. The Morgan fingerprint density at radius 1 is 0.625 bits per heavy atom. The van der Waals surface area contributed by atoms with E-state index in [-0.39, 0.29) is 0 Å². The van der Waals surface area contributed by atoms with Crippen molar-refractivity contribution in [3.05, 3.63) is 0 Å². The summed E-state index contributed by atoms with van der Waals surface area (Å²) in [6.07, 6.45) is 5.55. The van der Waals surface area contributed by atoms with Crippen LogP contribution in [0.2, 0.25) is 0 Å². The molecule has 0 aromatic carbocycles. The van der Waals surface area contributed by atoms with Crippen molar-refractivity contribution in [1.29, 1.82) is 0 Å². The molecule has 0 heterocycles. The molecule has 0 radical (unpaired) electrons. The molecule has 0 aliphatic rings. The van der Waals surface area contributed by atoms with Crippen LogP contribution in [-0.4, -0.2) is 0 Å². The summed E-state index contributed by atoms with van der Waals surface area (Å²) in [7, 11) is 0. The maximum Gasteiger partial charge on any atom is -0.0414 e. The molecule has 0 aliphatic carbocycles. The van der Waals surface area contributed by atoms with E-state index in [0.717, 1.165) is 29.6 Å². The van der Waals surface area contributed by atoms with Crippen molar-refractivity contribution < 1.29 is 0 Å². The number of hydrogen-bond donors (Lipinski definition) is 0. The molecule has 0 rings (SSSR count). The first-order valence-corrected chi connectivity index (χ1v) is 7.36. The summed E-state index contributed by atoms with van der Waals surface area (Å²) in [6, 6.07) is 0. The molecule has 98 valence electrons. The van der Waals surface area contributed by atoms with E-state index < -0.39 is 0 Å². The Hall–Kier alpha value is 0. The Morgan fingerprint density at radius 3 is 1.56 bits per heavy atom. The van der Waals surface area contributed by atoms with Crippen LogP contribution in [0.25, 0.3) is 0 Å². The highest BCUT2D eigenvalue weighted by molar-refractivity contribution is 4.68.